The van der Waals surface area contributed by atoms with Gasteiger partial charge in [0.05, 0.1) is 26.6 Å². The summed E-state index contributed by atoms with van der Waals surface area (Å²) >= 11 is 0. The molecule has 2 unspecified atom stereocenters. The smallest absolute Gasteiger partial charge is 0.343 e. The molecule has 156 valence electrons. The standard InChI is InChI=1S/C23H34NO3.HI/c1-24(2)16-17-14-15-20(24)21(17)27-22(25)23(26,19-12-8-5-9-13-19)18-10-6-3-4-7-11-18;/h5,8-9,12-13,17-18,20-21,26H,3-4,6-7,10-11,14-16H2,1-2H3;1H/q+1;/p-1/t17?,20-,21?,23-;/m1./s1. The van der Waals surface area contributed by atoms with Gasteiger partial charge in [-0.25, -0.2) is 4.79 Å². The van der Waals surface area contributed by atoms with Crippen LogP contribution in [-0.4, -0.2) is 48.3 Å². The van der Waals surface area contributed by atoms with E-state index in [1.165, 1.54) is 12.8 Å². The summed E-state index contributed by atoms with van der Waals surface area (Å²) in [5, 5.41) is 11.8. The van der Waals surface area contributed by atoms with Gasteiger partial charge in [-0.3, -0.25) is 0 Å². The number of quaternary nitrogens is 1. The number of halogens is 1. The molecule has 5 heteroatoms. The monoisotopic (exact) mass is 499 g/mol. The van der Waals surface area contributed by atoms with Crippen LogP contribution in [-0.2, 0) is 15.1 Å². The number of likely N-dealkylation sites (tertiary alicyclic amines) is 1. The maximum atomic E-state index is 13.5. The molecule has 28 heavy (non-hydrogen) atoms. The first-order valence-electron chi connectivity index (χ1n) is 10.7. The van der Waals surface area contributed by atoms with Crippen LogP contribution in [0.2, 0.25) is 0 Å². The molecule has 0 spiro atoms. The molecule has 1 heterocycles. The van der Waals surface area contributed by atoms with Crippen LogP contribution in [0.3, 0.4) is 0 Å². The zero-order valence-corrected chi connectivity index (χ0v) is 19.3. The fraction of sp³-hybridized carbons (Fsp3) is 0.696. The molecule has 1 aromatic rings. The van der Waals surface area contributed by atoms with E-state index in [2.05, 4.69) is 14.1 Å². The number of carbonyl (C=O) groups excluding carboxylic acids is 1. The Balaban J connectivity index is 0.00000225. The van der Waals surface area contributed by atoms with Crippen molar-refractivity contribution in [1.29, 1.82) is 0 Å². The summed E-state index contributed by atoms with van der Waals surface area (Å²) < 4.78 is 7.07. The summed E-state index contributed by atoms with van der Waals surface area (Å²) in [4.78, 5) is 13.5. The molecule has 0 radical (unpaired) electrons. The zero-order valence-electron chi connectivity index (χ0n) is 17.1. The molecule has 4 atom stereocenters. The highest BCUT2D eigenvalue weighted by atomic mass is 127. The van der Waals surface area contributed by atoms with Crippen molar-refractivity contribution < 1.29 is 43.1 Å². The van der Waals surface area contributed by atoms with Crippen molar-refractivity contribution >= 4 is 5.97 Å². The van der Waals surface area contributed by atoms with Gasteiger partial charge >= 0.3 is 5.97 Å². The lowest BCUT2D eigenvalue weighted by molar-refractivity contribution is -0.908. The molecule has 2 bridgehead atoms. The maximum Gasteiger partial charge on any atom is 0.343 e. The quantitative estimate of drug-likeness (QED) is 0.286. The molecule has 4 nitrogen and oxygen atoms in total. The van der Waals surface area contributed by atoms with E-state index in [0.717, 1.165) is 49.6 Å². The minimum Gasteiger partial charge on any atom is -1.00 e. The van der Waals surface area contributed by atoms with E-state index in [-0.39, 0.29) is 36.0 Å². The van der Waals surface area contributed by atoms with Crippen molar-refractivity contribution in [3.05, 3.63) is 35.9 Å². The van der Waals surface area contributed by atoms with Gasteiger partial charge in [0.15, 0.2) is 11.7 Å². The molecule has 0 amide bonds. The number of benzene rings is 1. The molecule has 3 aliphatic rings. The lowest BCUT2D eigenvalue weighted by Gasteiger charge is -2.36. The summed E-state index contributed by atoms with van der Waals surface area (Å²) in [5.74, 6) is -0.0380. The Labute approximate surface area is 186 Å². The minimum absolute atomic E-state index is 0. The number of nitrogens with zero attached hydrogens (tertiary/aromatic N) is 1. The third-order valence-corrected chi connectivity index (χ3v) is 7.49. The summed E-state index contributed by atoms with van der Waals surface area (Å²) in [6, 6.07) is 9.88. The van der Waals surface area contributed by atoms with Crippen molar-refractivity contribution in [2.45, 2.75) is 69.1 Å². The second-order valence-electron chi connectivity index (χ2n) is 9.56. The Morgan fingerprint density at radius 2 is 1.68 bits per heavy atom. The Kier molecular flexibility index (Phi) is 6.77. The molecule has 1 N–H and O–H groups in total. The number of aliphatic hydroxyl groups is 1. The van der Waals surface area contributed by atoms with Gasteiger partial charge in [0.1, 0.15) is 6.04 Å². The zero-order chi connectivity index (χ0) is 19.1. The molecular formula is C23H34INO3. The molecule has 1 aromatic carbocycles. The van der Waals surface area contributed by atoms with Gasteiger partial charge < -0.3 is 38.3 Å². The first kappa shape index (κ1) is 22.0. The third kappa shape index (κ3) is 3.86. The minimum atomic E-state index is -1.52. The van der Waals surface area contributed by atoms with Gasteiger partial charge in [-0.1, -0.05) is 56.0 Å². The van der Waals surface area contributed by atoms with E-state index in [1.807, 2.05) is 30.3 Å². The van der Waals surface area contributed by atoms with E-state index in [9.17, 15) is 9.90 Å². The first-order chi connectivity index (χ1) is 12.9. The fourth-order valence-electron chi connectivity index (χ4n) is 6.01. The van der Waals surface area contributed by atoms with Gasteiger partial charge in [0.25, 0.3) is 0 Å². The second-order valence-corrected chi connectivity index (χ2v) is 9.56. The van der Waals surface area contributed by atoms with Crippen LogP contribution in [0, 0.1) is 11.8 Å². The lowest BCUT2D eigenvalue weighted by atomic mass is 9.77. The third-order valence-electron chi connectivity index (χ3n) is 7.49. The number of carbonyl (C=O) groups is 1. The summed E-state index contributed by atoms with van der Waals surface area (Å²) in [5.41, 5.74) is -0.828. The van der Waals surface area contributed by atoms with Gasteiger partial charge in [-0.05, 0) is 24.8 Å². The van der Waals surface area contributed by atoms with Crippen LogP contribution >= 0.6 is 0 Å². The van der Waals surface area contributed by atoms with Crippen molar-refractivity contribution in [2.24, 2.45) is 11.8 Å². The number of likely N-dealkylation sites (N-methyl/N-ethyl adjacent to an activating group) is 1. The van der Waals surface area contributed by atoms with Gasteiger partial charge in [-0.2, -0.15) is 0 Å². The van der Waals surface area contributed by atoms with Crippen LogP contribution < -0.4 is 24.0 Å². The van der Waals surface area contributed by atoms with E-state index in [1.54, 1.807) is 0 Å². The lowest BCUT2D eigenvalue weighted by Crippen LogP contribution is -3.00. The van der Waals surface area contributed by atoms with Gasteiger partial charge in [0, 0.05) is 12.3 Å². The van der Waals surface area contributed by atoms with Crippen LogP contribution in [0.25, 0.3) is 0 Å². The predicted octanol–water partition coefficient (Wildman–Crippen LogP) is 0.629. The molecule has 3 fully saturated rings. The normalized spacial score (nSPS) is 31.5. The summed E-state index contributed by atoms with van der Waals surface area (Å²) in [6.07, 6.45) is 8.51. The predicted molar refractivity (Wildman–Crippen MR) is 105 cm³/mol. The van der Waals surface area contributed by atoms with Gasteiger partial charge in [-0.15, -0.1) is 0 Å². The topological polar surface area (TPSA) is 46.5 Å². The van der Waals surface area contributed by atoms with Crippen molar-refractivity contribution in [3.8, 4) is 0 Å². The highest BCUT2D eigenvalue weighted by Gasteiger charge is 2.58. The Hall–Kier alpha value is -0.660. The largest absolute Gasteiger partial charge is 1.00 e. The summed E-state index contributed by atoms with van der Waals surface area (Å²) in [6.45, 7) is 1.07. The molecule has 4 rings (SSSR count). The summed E-state index contributed by atoms with van der Waals surface area (Å²) in [7, 11) is 4.47. The highest BCUT2D eigenvalue weighted by molar-refractivity contribution is 5.82. The Bertz CT molecular complexity index is 672. The number of hydrogen-bond donors (Lipinski definition) is 1. The van der Waals surface area contributed by atoms with Crippen LogP contribution in [0.5, 0.6) is 0 Å². The maximum absolute atomic E-state index is 13.5. The number of hydrogen-bond acceptors (Lipinski definition) is 3. The molecule has 2 saturated carbocycles. The molecule has 1 aliphatic heterocycles. The molecule has 0 aromatic heterocycles. The van der Waals surface area contributed by atoms with Crippen LogP contribution in [0.15, 0.2) is 30.3 Å². The molecular weight excluding hydrogens is 465 g/mol. The average Bonchev–Trinajstić information content (AvgIpc) is 3.00. The van der Waals surface area contributed by atoms with Crippen LogP contribution in [0.1, 0.15) is 56.9 Å². The fourth-order valence-corrected chi connectivity index (χ4v) is 6.01. The Morgan fingerprint density at radius 1 is 1.04 bits per heavy atom. The highest BCUT2D eigenvalue weighted by Crippen LogP contribution is 2.45. The van der Waals surface area contributed by atoms with Crippen molar-refractivity contribution in [3.63, 3.8) is 0 Å². The van der Waals surface area contributed by atoms with Crippen molar-refractivity contribution in [1.82, 2.24) is 0 Å². The number of piperidine rings is 1. The van der Waals surface area contributed by atoms with Crippen molar-refractivity contribution in [2.75, 3.05) is 20.6 Å². The second kappa shape index (κ2) is 8.60. The number of rotatable bonds is 4. The van der Waals surface area contributed by atoms with E-state index in [4.69, 9.17) is 4.74 Å². The first-order valence-corrected chi connectivity index (χ1v) is 10.7. The SMILES string of the molecule is C[N+]1(C)CC2CC[C@@H]1C2OC(=O)[C@](O)(c1ccccc1)C1CCCCCC1.[I-]. The average molecular weight is 499 g/mol. The number of ether oxygens (including phenoxy) is 1. The van der Waals surface area contributed by atoms with Crippen LogP contribution in [0.4, 0.5) is 0 Å². The number of esters is 1. The van der Waals surface area contributed by atoms with E-state index < -0.39 is 11.6 Å². The van der Waals surface area contributed by atoms with E-state index >= 15 is 0 Å². The van der Waals surface area contributed by atoms with E-state index in [0.29, 0.717) is 17.5 Å². The molecule has 2 aliphatic carbocycles. The number of fused-ring (bicyclic) bond motifs is 2. The Morgan fingerprint density at radius 3 is 2.21 bits per heavy atom. The molecule has 1 saturated heterocycles. The van der Waals surface area contributed by atoms with Gasteiger partial charge in [0.2, 0.25) is 0 Å².